The van der Waals surface area contributed by atoms with Gasteiger partial charge in [0.2, 0.25) is 5.91 Å². The summed E-state index contributed by atoms with van der Waals surface area (Å²) in [4.78, 5) is 45.5. The number of hydrogen-bond acceptors (Lipinski definition) is 5. The number of hydrogen-bond donors (Lipinski definition) is 0. The summed E-state index contributed by atoms with van der Waals surface area (Å²) in [6.07, 6.45) is 5.29. The minimum absolute atomic E-state index is 0.0196. The van der Waals surface area contributed by atoms with Gasteiger partial charge >= 0.3 is 5.69 Å². The van der Waals surface area contributed by atoms with Crippen LogP contribution in [0.3, 0.4) is 0 Å². The minimum Gasteiger partial charge on any atom is -0.311 e. The van der Waals surface area contributed by atoms with Crippen LogP contribution in [0.5, 0.6) is 0 Å². The maximum absolute atomic E-state index is 13.2. The molecule has 8 heteroatoms. The van der Waals surface area contributed by atoms with Crippen molar-refractivity contribution in [3.63, 3.8) is 0 Å². The van der Waals surface area contributed by atoms with E-state index >= 15 is 0 Å². The van der Waals surface area contributed by atoms with Gasteiger partial charge in [0.15, 0.2) is 0 Å². The first kappa shape index (κ1) is 21.4. The highest BCUT2D eigenvalue weighted by Crippen LogP contribution is 2.31. The number of carbonyl (C=O) groups is 1. The molecule has 1 aliphatic heterocycles. The second-order valence-electron chi connectivity index (χ2n) is 7.83. The molecule has 1 aromatic carbocycles. The van der Waals surface area contributed by atoms with Crippen LogP contribution in [0.1, 0.15) is 30.9 Å². The van der Waals surface area contributed by atoms with Gasteiger partial charge in [-0.15, -0.1) is 11.8 Å². The van der Waals surface area contributed by atoms with Gasteiger partial charge in [-0.2, -0.15) is 0 Å². The fourth-order valence-corrected chi connectivity index (χ4v) is 5.25. The molecule has 31 heavy (non-hydrogen) atoms. The number of nitrogens with zero attached hydrogens (tertiary/aromatic N) is 4. The number of para-hydroxylation sites is 1. The summed E-state index contributed by atoms with van der Waals surface area (Å²) < 4.78 is 2.49. The molecule has 0 saturated heterocycles. The molecule has 0 unspecified atom stereocenters. The molecule has 2 aromatic heterocycles. The molecule has 0 atom stereocenters. The Morgan fingerprint density at radius 1 is 1.16 bits per heavy atom. The maximum atomic E-state index is 13.2. The second kappa shape index (κ2) is 8.70. The van der Waals surface area contributed by atoms with Gasteiger partial charge in [0, 0.05) is 37.4 Å². The first-order chi connectivity index (χ1) is 14.9. The van der Waals surface area contributed by atoms with Crippen molar-refractivity contribution in [1.29, 1.82) is 0 Å². The Morgan fingerprint density at radius 2 is 1.94 bits per heavy atom. The summed E-state index contributed by atoms with van der Waals surface area (Å²) in [6, 6.07) is 8.02. The number of rotatable bonds is 5. The number of thioether (sulfide) groups is 1. The zero-order valence-electron chi connectivity index (χ0n) is 18.1. The largest absolute Gasteiger partial charge is 0.332 e. The van der Waals surface area contributed by atoms with Gasteiger partial charge in [0.25, 0.3) is 5.56 Å². The monoisotopic (exact) mass is 438 g/mol. The molecule has 162 valence electrons. The van der Waals surface area contributed by atoms with E-state index in [4.69, 9.17) is 0 Å². The topological polar surface area (TPSA) is 77.2 Å². The third-order valence-electron chi connectivity index (χ3n) is 5.77. The predicted molar refractivity (Wildman–Crippen MR) is 124 cm³/mol. The Hall–Kier alpha value is -2.87. The molecule has 0 spiro atoms. The summed E-state index contributed by atoms with van der Waals surface area (Å²) in [5, 5.41) is 0.410. The molecular formula is C23H26N4O3S. The maximum Gasteiger partial charge on any atom is 0.332 e. The zero-order chi connectivity index (χ0) is 22.1. The van der Waals surface area contributed by atoms with Crippen LogP contribution in [0.4, 0.5) is 5.69 Å². The molecule has 0 bridgehead atoms. The number of pyridine rings is 1. The predicted octanol–water partition coefficient (Wildman–Crippen LogP) is 2.66. The smallest absolute Gasteiger partial charge is 0.311 e. The molecule has 3 heterocycles. The average Bonchev–Trinajstić information content (AvgIpc) is 2.79. The lowest BCUT2D eigenvalue weighted by molar-refractivity contribution is -0.116. The fourth-order valence-electron chi connectivity index (χ4n) is 4.16. The van der Waals surface area contributed by atoms with E-state index < -0.39 is 5.69 Å². The van der Waals surface area contributed by atoms with E-state index in [1.165, 1.54) is 28.9 Å². The molecule has 0 N–H and O–H groups in total. The number of carbonyl (C=O) groups excluding carboxylic acids is 1. The second-order valence-corrected chi connectivity index (χ2v) is 8.82. The highest BCUT2D eigenvalue weighted by Gasteiger charge is 2.24. The molecule has 0 radical (unpaired) electrons. The molecule has 1 aliphatic rings. The summed E-state index contributed by atoms with van der Waals surface area (Å²) in [7, 11) is 3.09. The van der Waals surface area contributed by atoms with Gasteiger partial charge in [-0.1, -0.05) is 31.5 Å². The fraction of sp³-hybridized carbons (Fsp3) is 0.391. The van der Waals surface area contributed by atoms with E-state index in [0.717, 1.165) is 46.4 Å². The number of benzene rings is 1. The van der Waals surface area contributed by atoms with Gasteiger partial charge in [-0.05, 0) is 36.5 Å². The molecular weight excluding hydrogens is 412 g/mol. The third kappa shape index (κ3) is 3.80. The Morgan fingerprint density at radius 3 is 2.71 bits per heavy atom. The molecule has 1 amide bonds. The van der Waals surface area contributed by atoms with Crippen molar-refractivity contribution in [2.75, 3.05) is 17.2 Å². The van der Waals surface area contributed by atoms with Crippen molar-refractivity contribution in [2.45, 2.75) is 37.5 Å². The lowest BCUT2D eigenvalue weighted by atomic mass is 10.0. The van der Waals surface area contributed by atoms with Crippen molar-refractivity contribution >= 4 is 34.4 Å². The van der Waals surface area contributed by atoms with Crippen LogP contribution in [0.25, 0.3) is 11.0 Å². The average molecular weight is 439 g/mol. The lowest BCUT2D eigenvalue weighted by Crippen LogP contribution is -2.38. The van der Waals surface area contributed by atoms with Gasteiger partial charge in [-0.25, -0.2) is 9.78 Å². The van der Waals surface area contributed by atoms with Gasteiger partial charge in [0.1, 0.15) is 5.65 Å². The molecule has 0 fully saturated rings. The summed E-state index contributed by atoms with van der Waals surface area (Å²) >= 11 is 1.37. The SMILES string of the molecule is CCCc1cnc2c(c1SCC(=O)N1CCCc3ccccc31)c(=O)n(C)c(=O)n2C. The van der Waals surface area contributed by atoms with E-state index in [1.807, 2.05) is 23.1 Å². The van der Waals surface area contributed by atoms with E-state index in [2.05, 4.69) is 18.0 Å². The number of fused-ring (bicyclic) bond motifs is 2. The highest BCUT2D eigenvalue weighted by molar-refractivity contribution is 8.00. The molecule has 7 nitrogen and oxygen atoms in total. The van der Waals surface area contributed by atoms with Crippen molar-refractivity contribution in [3.05, 3.63) is 62.4 Å². The Bertz CT molecular complexity index is 1280. The van der Waals surface area contributed by atoms with Crippen molar-refractivity contribution in [3.8, 4) is 0 Å². The number of amides is 1. The molecule has 3 aromatic rings. The number of aryl methyl sites for hydroxylation is 3. The van der Waals surface area contributed by atoms with Crippen LogP contribution in [-0.2, 0) is 31.7 Å². The lowest BCUT2D eigenvalue weighted by Gasteiger charge is -2.29. The van der Waals surface area contributed by atoms with Gasteiger partial charge in [0.05, 0.1) is 11.1 Å². The van der Waals surface area contributed by atoms with Crippen LogP contribution in [-0.4, -0.2) is 32.3 Å². The summed E-state index contributed by atoms with van der Waals surface area (Å²) in [6.45, 7) is 2.76. The van der Waals surface area contributed by atoms with E-state index in [1.54, 1.807) is 13.2 Å². The van der Waals surface area contributed by atoms with E-state index in [-0.39, 0.29) is 17.2 Å². The van der Waals surface area contributed by atoms with Crippen LogP contribution in [0, 0.1) is 0 Å². The standard InChI is InChI=1S/C23H26N4O3S/c1-4-8-16-13-24-21-19(22(29)26(3)23(30)25(21)2)20(16)31-14-18(28)27-12-7-10-15-9-5-6-11-17(15)27/h5-6,9,11,13H,4,7-8,10,12,14H2,1-3H3. The van der Waals surface area contributed by atoms with Crippen LogP contribution in [0.15, 0.2) is 44.9 Å². The highest BCUT2D eigenvalue weighted by atomic mass is 32.2. The van der Waals surface area contributed by atoms with Crippen molar-refractivity contribution < 1.29 is 4.79 Å². The van der Waals surface area contributed by atoms with Gasteiger partial charge in [-0.3, -0.25) is 18.7 Å². The Kier molecular flexibility index (Phi) is 6.00. The zero-order valence-corrected chi connectivity index (χ0v) is 18.9. The first-order valence-electron chi connectivity index (χ1n) is 10.5. The van der Waals surface area contributed by atoms with Crippen LogP contribution < -0.4 is 16.1 Å². The number of anilines is 1. The minimum atomic E-state index is -0.412. The first-order valence-corrected chi connectivity index (χ1v) is 11.5. The van der Waals surface area contributed by atoms with E-state index in [9.17, 15) is 14.4 Å². The molecule has 0 aliphatic carbocycles. The normalized spacial score (nSPS) is 13.5. The third-order valence-corrected chi connectivity index (χ3v) is 6.91. The summed E-state index contributed by atoms with van der Waals surface area (Å²) in [5.74, 6) is 0.238. The van der Waals surface area contributed by atoms with E-state index in [0.29, 0.717) is 17.6 Å². The van der Waals surface area contributed by atoms with Crippen molar-refractivity contribution in [2.24, 2.45) is 14.1 Å². The van der Waals surface area contributed by atoms with Crippen LogP contribution >= 0.6 is 11.8 Å². The Labute approximate surface area is 184 Å². The van der Waals surface area contributed by atoms with Crippen LogP contribution in [0.2, 0.25) is 0 Å². The van der Waals surface area contributed by atoms with Gasteiger partial charge < -0.3 is 4.90 Å². The molecule has 4 rings (SSSR count). The molecule has 0 saturated carbocycles. The van der Waals surface area contributed by atoms with Crippen molar-refractivity contribution in [1.82, 2.24) is 14.1 Å². The summed E-state index contributed by atoms with van der Waals surface area (Å²) in [5.41, 5.74) is 2.67. The number of aromatic nitrogens is 3. The Balaban J connectivity index is 1.73. The quantitative estimate of drug-likeness (QED) is 0.573.